The Bertz CT molecular complexity index is 661. The van der Waals surface area contributed by atoms with Gasteiger partial charge in [-0.3, -0.25) is 10.1 Å². The van der Waals surface area contributed by atoms with Gasteiger partial charge in [0.15, 0.2) is 5.82 Å². The van der Waals surface area contributed by atoms with Crippen molar-refractivity contribution in [2.75, 3.05) is 0 Å². The molecule has 2 heterocycles. The number of nitrogens with zero attached hydrogens (tertiary/aromatic N) is 5. The summed E-state index contributed by atoms with van der Waals surface area (Å²) in [6.07, 6.45) is 0.585. The average molecular weight is 243 g/mol. The molecule has 18 heavy (non-hydrogen) atoms. The number of nitro benzene ring substituents is 1. The van der Waals surface area contributed by atoms with E-state index in [1.54, 1.807) is 16.8 Å². The fourth-order valence-electron chi connectivity index (χ4n) is 2.10. The van der Waals surface area contributed by atoms with Gasteiger partial charge in [0.05, 0.1) is 11.5 Å². The van der Waals surface area contributed by atoms with E-state index in [1.165, 1.54) is 6.07 Å². The van der Waals surface area contributed by atoms with Gasteiger partial charge in [0.25, 0.3) is 5.69 Å². The van der Waals surface area contributed by atoms with E-state index < -0.39 is 4.92 Å². The number of hydrogen-bond donors (Lipinski definition) is 0. The number of nitro groups is 1. The predicted molar refractivity (Wildman–Crippen MR) is 62.8 cm³/mol. The van der Waals surface area contributed by atoms with Crippen molar-refractivity contribution in [1.82, 2.24) is 20.2 Å². The lowest BCUT2D eigenvalue weighted by Gasteiger charge is -2.03. The molecule has 0 spiro atoms. The van der Waals surface area contributed by atoms with Crippen LogP contribution < -0.4 is 0 Å². The van der Waals surface area contributed by atoms with Gasteiger partial charge in [-0.05, 0) is 28.5 Å². The molecular weight excluding hydrogens is 234 g/mol. The molecule has 0 aliphatic carbocycles. The molecule has 7 heteroatoms. The van der Waals surface area contributed by atoms with Gasteiger partial charge in [0, 0.05) is 17.7 Å². The molecule has 2 aromatic rings. The summed E-state index contributed by atoms with van der Waals surface area (Å²) < 4.78 is 1.65. The number of aromatic nitrogens is 4. The Hall–Kier alpha value is -2.57. The summed E-state index contributed by atoms with van der Waals surface area (Å²) in [5.74, 6) is 0.624. The van der Waals surface area contributed by atoms with Crippen molar-refractivity contribution in [2.45, 2.75) is 13.0 Å². The molecule has 0 amide bonds. The van der Waals surface area contributed by atoms with Gasteiger partial charge in [0.1, 0.15) is 0 Å². The highest BCUT2D eigenvalue weighted by Gasteiger charge is 2.21. The second-order valence-corrected chi connectivity index (χ2v) is 4.19. The van der Waals surface area contributed by atoms with Gasteiger partial charge in [-0.15, -0.1) is 5.10 Å². The highest BCUT2D eigenvalue weighted by Crippen LogP contribution is 2.30. The first-order valence-electron chi connectivity index (χ1n) is 5.35. The second-order valence-electron chi connectivity index (χ2n) is 4.19. The highest BCUT2D eigenvalue weighted by molar-refractivity contribution is 5.64. The maximum absolute atomic E-state index is 10.8. The maximum Gasteiger partial charge on any atom is 0.269 e. The van der Waals surface area contributed by atoms with Crippen molar-refractivity contribution < 1.29 is 4.92 Å². The molecule has 0 N–H and O–H groups in total. The minimum atomic E-state index is -0.406. The van der Waals surface area contributed by atoms with Crippen molar-refractivity contribution in [2.24, 2.45) is 0 Å². The Morgan fingerprint density at radius 1 is 1.44 bits per heavy atom. The zero-order valence-electron chi connectivity index (χ0n) is 9.41. The standard InChI is InChI=1S/C11H9N5O2/c1-7-4-8-5-9(16(17)18)2-3-10(8)11-12-13-14-15(11)6-7/h2-3,5H,1,4,6H2. The fraction of sp³-hybridized carbons (Fsp3) is 0.182. The summed E-state index contributed by atoms with van der Waals surface area (Å²) in [6.45, 7) is 4.47. The Kier molecular flexibility index (Phi) is 2.19. The summed E-state index contributed by atoms with van der Waals surface area (Å²) in [5, 5.41) is 22.3. The third kappa shape index (κ3) is 1.56. The minimum Gasteiger partial charge on any atom is -0.258 e. The van der Waals surface area contributed by atoms with E-state index in [4.69, 9.17) is 0 Å². The number of rotatable bonds is 1. The van der Waals surface area contributed by atoms with Crippen LogP contribution in [-0.4, -0.2) is 25.1 Å². The molecule has 0 saturated carbocycles. The number of fused-ring (bicyclic) bond motifs is 3. The first-order chi connectivity index (χ1) is 8.65. The van der Waals surface area contributed by atoms with Crippen LogP contribution in [0.5, 0.6) is 0 Å². The van der Waals surface area contributed by atoms with Crippen LogP contribution in [0, 0.1) is 10.1 Å². The van der Waals surface area contributed by atoms with Gasteiger partial charge in [-0.1, -0.05) is 12.2 Å². The van der Waals surface area contributed by atoms with Gasteiger partial charge in [-0.2, -0.15) is 0 Å². The first kappa shape index (κ1) is 10.6. The molecule has 0 saturated heterocycles. The van der Waals surface area contributed by atoms with E-state index in [-0.39, 0.29) is 5.69 Å². The molecule has 1 aromatic heterocycles. The molecule has 7 nitrogen and oxygen atoms in total. The third-order valence-corrected chi connectivity index (χ3v) is 2.89. The zero-order chi connectivity index (χ0) is 12.7. The quantitative estimate of drug-likeness (QED) is 0.428. The number of non-ortho nitro benzene ring substituents is 1. The molecule has 1 aliphatic rings. The molecular formula is C11H9N5O2. The summed E-state index contributed by atoms with van der Waals surface area (Å²) in [6, 6.07) is 4.71. The van der Waals surface area contributed by atoms with Gasteiger partial charge in [0.2, 0.25) is 0 Å². The molecule has 3 rings (SSSR count). The van der Waals surface area contributed by atoms with Crippen molar-refractivity contribution in [3.63, 3.8) is 0 Å². The lowest BCUT2D eigenvalue weighted by Crippen LogP contribution is -2.02. The second kappa shape index (κ2) is 3.73. The molecule has 90 valence electrons. The Labute approximate surface area is 102 Å². The third-order valence-electron chi connectivity index (χ3n) is 2.89. The Morgan fingerprint density at radius 3 is 3.06 bits per heavy atom. The van der Waals surface area contributed by atoms with E-state index >= 15 is 0 Å². The van der Waals surface area contributed by atoms with E-state index in [1.807, 2.05) is 0 Å². The first-order valence-corrected chi connectivity index (χ1v) is 5.35. The zero-order valence-corrected chi connectivity index (χ0v) is 9.41. The normalized spacial score (nSPS) is 13.7. The van der Waals surface area contributed by atoms with Gasteiger partial charge in [-0.25, -0.2) is 4.68 Å². The van der Waals surface area contributed by atoms with Crippen LogP contribution in [0.4, 0.5) is 5.69 Å². The SMILES string of the molecule is C=C1Cc2cc([N+](=O)[O-])ccc2-c2nnnn2C1. The van der Waals surface area contributed by atoms with Crippen LogP contribution in [-0.2, 0) is 13.0 Å². The number of allylic oxidation sites excluding steroid dienone is 1. The van der Waals surface area contributed by atoms with Crippen molar-refractivity contribution in [3.8, 4) is 11.4 Å². The summed E-state index contributed by atoms with van der Waals surface area (Å²) in [5.41, 5.74) is 2.65. The average Bonchev–Trinajstić information content (AvgIpc) is 2.71. The van der Waals surface area contributed by atoms with Crippen molar-refractivity contribution in [3.05, 3.63) is 46.0 Å². The van der Waals surface area contributed by atoms with Crippen LogP contribution in [0.1, 0.15) is 5.56 Å². The van der Waals surface area contributed by atoms with Gasteiger partial charge < -0.3 is 0 Å². The molecule has 1 aliphatic heterocycles. The Morgan fingerprint density at radius 2 is 2.28 bits per heavy atom. The van der Waals surface area contributed by atoms with Crippen molar-refractivity contribution >= 4 is 5.69 Å². The van der Waals surface area contributed by atoms with Crippen LogP contribution >= 0.6 is 0 Å². The lowest BCUT2D eigenvalue weighted by molar-refractivity contribution is -0.384. The summed E-state index contributed by atoms with van der Waals surface area (Å²) in [7, 11) is 0. The predicted octanol–water partition coefficient (Wildman–Crippen LogP) is 1.36. The molecule has 0 radical (unpaired) electrons. The van der Waals surface area contributed by atoms with Crippen LogP contribution in [0.3, 0.4) is 0 Å². The Balaban J connectivity index is 2.22. The molecule has 0 bridgehead atoms. The van der Waals surface area contributed by atoms with E-state index in [0.29, 0.717) is 18.8 Å². The van der Waals surface area contributed by atoms with Gasteiger partial charge >= 0.3 is 0 Å². The number of benzene rings is 1. The van der Waals surface area contributed by atoms with Crippen molar-refractivity contribution in [1.29, 1.82) is 0 Å². The summed E-state index contributed by atoms with van der Waals surface area (Å²) >= 11 is 0. The lowest BCUT2D eigenvalue weighted by atomic mass is 10.0. The fourth-order valence-corrected chi connectivity index (χ4v) is 2.10. The monoisotopic (exact) mass is 243 g/mol. The summed E-state index contributed by atoms with van der Waals surface area (Å²) in [4.78, 5) is 10.4. The van der Waals surface area contributed by atoms with Crippen LogP contribution in [0.25, 0.3) is 11.4 Å². The van der Waals surface area contributed by atoms with E-state index in [0.717, 1.165) is 16.7 Å². The molecule has 1 aromatic carbocycles. The topological polar surface area (TPSA) is 86.7 Å². The van der Waals surface area contributed by atoms with E-state index in [2.05, 4.69) is 22.1 Å². The smallest absolute Gasteiger partial charge is 0.258 e. The van der Waals surface area contributed by atoms with Crippen LogP contribution in [0.15, 0.2) is 30.4 Å². The largest absolute Gasteiger partial charge is 0.269 e. The molecule has 0 fully saturated rings. The van der Waals surface area contributed by atoms with E-state index in [9.17, 15) is 10.1 Å². The number of hydrogen-bond acceptors (Lipinski definition) is 5. The van der Waals surface area contributed by atoms with Crippen LogP contribution in [0.2, 0.25) is 0 Å². The highest BCUT2D eigenvalue weighted by atomic mass is 16.6. The minimum absolute atomic E-state index is 0.0717. The number of tetrazole rings is 1. The molecule has 0 unspecified atom stereocenters. The molecule has 0 atom stereocenters. The maximum atomic E-state index is 10.8.